The molecule has 0 aliphatic carbocycles. The lowest BCUT2D eigenvalue weighted by atomic mass is 10.0. The lowest BCUT2D eigenvalue weighted by Crippen LogP contribution is -2.44. The summed E-state index contributed by atoms with van der Waals surface area (Å²) < 4.78 is 16.4. The van der Waals surface area contributed by atoms with Gasteiger partial charge in [0.2, 0.25) is 5.91 Å². The van der Waals surface area contributed by atoms with E-state index in [4.69, 9.17) is 14.2 Å². The van der Waals surface area contributed by atoms with Gasteiger partial charge in [0.15, 0.2) is 11.5 Å². The van der Waals surface area contributed by atoms with Crippen LogP contribution in [-0.2, 0) is 16.0 Å². The fraction of sp³-hybridized carbons (Fsp3) is 0.435. The van der Waals surface area contributed by atoms with E-state index in [1.807, 2.05) is 49.4 Å². The van der Waals surface area contributed by atoms with E-state index in [9.17, 15) is 4.79 Å². The van der Waals surface area contributed by atoms with Gasteiger partial charge in [0.05, 0.1) is 39.9 Å². The summed E-state index contributed by atoms with van der Waals surface area (Å²) in [4.78, 5) is 15.0. The molecule has 1 unspecified atom stereocenters. The number of amides is 1. The molecule has 29 heavy (non-hydrogen) atoms. The van der Waals surface area contributed by atoms with Crippen LogP contribution in [0.1, 0.15) is 22.7 Å². The van der Waals surface area contributed by atoms with Gasteiger partial charge in [-0.25, -0.2) is 0 Å². The standard InChI is InChI=1S/C23H30N2O4/c1-17-6-4-5-7-18(17)15-23(26)24-16-20(25-10-12-29-13-11-25)19-8-9-21(27-2)22(14-19)28-3/h4-9,14,20H,10-13,15-16H2,1-3H3,(H,24,26). The first-order valence-electron chi connectivity index (χ1n) is 9.97. The van der Waals surface area contributed by atoms with Crippen LogP contribution in [0, 0.1) is 6.92 Å². The number of benzene rings is 2. The van der Waals surface area contributed by atoms with Crippen molar-refractivity contribution in [2.75, 3.05) is 47.1 Å². The first kappa shape index (κ1) is 21.1. The molecule has 1 aliphatic rings. The Morgan fingerprint density at radius 3 is 2.52 bits per heavy atom. The molecule has 156 valence electrons. The van der Waals surface area contributed by atoms with Crippen molar-refractivity contribution in [3.63, 3.8) is 0 Å². The Balaban J connectivity index is 1.74. The Labute approximate surface area is 172 Å². The molecule has 2 aromatic rings. The van der Waals surface area contributed by atoms with Crippen LogP contribution in [0.15, 0.2) is 42.5 Å². The second kappa shape index (κ2) is 10.3. The maximum Gasteiger partial charge on any atom is 0.224 e. The fourth-order valence-corrected chi connectivity index (χ4v) is 3.66. The quantitative estimate of drug-likeness (QED) is 0.741. The minimum Gasteiger partial charge on any atom is -0.493 e. The molecule has 0 bridgehead atoms. The topological polar surface area (TPSA) is 60.0 Å². The second-order valence-corrected chi connectivity index (χ2v) is 7.19. The number of aryl methyl sites for hydroxylation is 1. The van der Waals surface area contributed by atoms with Crippen molar-refractivity contribution in [3.05, 3.63) is 59.2 Å². The van der Waals surface area contributed by atoms with E-state index in [0.29, 0.717) is 37.7 Å². The van der Waals surface area contributed by atoms with E-state index in [1.165, 1.54) is 0 Å². The number of carbonyl (C=O) groups excluding carboxylic acids is 1. The normalized spacial score (nSPS) is 15.6. The minimum atomic E-state index is 0.0260. The molecule has 6 heteroatoms. The summed E-state index contributed by atoms with van der Waals surface area (Å²) in [6.07, 6.45) is 0.383. The van der Waals surface area contributed by atoms with Gasteiger partial charge in [-0.05, 0) is 35.7 Å². The van der Waals surface area contributed by atoms with Crippen molar-refractivity contribution in [3.8, 4) is 11.5 Å². The van der Waals surface area contributed by atoms with Crippen molar-refractivity contribution in [1.29, 1.82) is 0 Å². The fourth-order valence-electron chi connectivity index (χ4n) is 3.66. The number of nitrogens with one attached hydrogen (secondary N) is 1. The lowest BCUT2D eigenvalue weighted by Gasteiger charge is -2.35. The van der Waals surface area contributed by atoms with E-state index < -0.39 is 0 Å². The zero-order valence-electron chi connectivity index (χ0n) is 17.4. The molecule has 0 saturated carbocycles. The molecule has 6 nitrogen and oxygen atoms in total. The Bertz CT molecular complexity index is 818. The molecule has 1 heterocycles. The number of methoxy groups -OCH3 is 2. The average Bonchev–Trinajstić information content (AvgIpc) is 2.76. The minimum absolute atomic E-state index is 0.0260. The summed E-state index contributed by atoms with van der Waals surface area (Å²) >= 11 is 0. The third kappa shape index (κ3) is 5.49. The van der Waals surface area contributed by atoms with Crippen LogP contribution >= 0.6 is 0 Å². The van der Waals surface area contributed by atoms with Gasteiger partial charge in [-0.3, -0.25) is 9.69 Å². The smallest absolute Gasteiger partial charge is 0.224 e. The number of carbonyl (C=O) groups is 1. The van der Waals surface area contributed by atoms with E-state index in [-0.39, 0.29) is 11.9 Å². The third-order valence-corrected chi connectivity index (χ3v) is 5.38. The summed E-state index contributed by atoms with van der Waals surface area (Å²) in [6, 6.07) is 14.0. The zero-order valence-corrected chi connectivity index (χ0v) is 17.4. The van der Waals surface area contributed by atoms with Gasteiger partial charge in [-0.15, -0.1) is 0 Å². The second-order valence-electron chi connectivity index (χ2n) is 7.19. The monoisotopic (exact) mass is 398 g/mol. The van der Waals surface area contributed by atoms with Crippen molar-refractivity contribution in [2.45, 2.75) is 19.4 Å². The molecule has 1 saturated heterocycles. The molecule has 0 aromatic heterocycles. The molecule has 0 radical (unpaired) electrons. The zero-order chi connectivity index (χ0) is 20.6. The van der Waals surface area contributed by atoms with Crippen LogP contribution in [0.25, 0.3) is 0 Å². The van der Waals surface area contributed by atoms with E-state index in [1.54, 1.807) is 14.2 Å². The molecule has 1 amide bonds. The van der Waals surface area contributed by atoms with Gasteiger partial charge in [0, 0.05) is 19.6 Å². The van der Waals surface area contributed by atoms with Crippen molar-refractivity contribution in [1.82, 2.24) is 10.2 Å². The molecule has 1 fully saturated rings. The average molecular weight is 399 g/mol. The number of hydrogen-bond acceptors (Lipinski definition) is 5. The van der Waals surface area contributed by atoms with Gasteiger partial charge >= 0.3 is 0 Å². The highest BCUT2D eigenvalue weighted by molar-refractivity contribution is 5.79. The molecule has 3 rings (SSSR count). The van der Waals surface area contributed by atoms with Gasteiger partial charge in [0.25, 0.3) is 0 Å². The van der Waals surface area contributed by atoms with Crippen LogP contribution in [0.2, 0.25) is 0 Å². The summed E-state index contributed by atoms with van der Waals surface area (Å²) in [5.41, 5.74) is 3.27. The predicted octanol–water partition coefficient (Wildman–Crippen LogP) is 2.74. The Morgan fingerprint density at radius 2 is 1.83 bits per heavy atom. The van der Waals surface area contributed by atoms with Crippen LogP contribution in [0.3, 0.4) is 0 Å². The highest BCUT2D eigenvalue weighted by Gasteiger charge is 2.24. The Hall–Kier alpha value is -2.57. The van der Waals surface area contributed by atoms with Crippen molar-refractivity contribution >= 4 is 5.91 Å². The SMILES string of the molecule is COc1ccc(C(CNC(=O)Cc2ccccc2C)N2CCOCC2)cc1OC. The number of rotatable bonds is 8. The molecule has 1 atom stereocenters. The van der Waals surface area contributed by atoms with Gasteiger partial charge in [-0.2, -0.15) is 0 Å². The van der Waals surface area contributed by atoms with Gasteiger partial charge < -0.3 is 19.5 Å². The summed E-state index contributed by atoms with van der Waals surface area (Å²) in [7, 11) is 3.26. The first-order valence-corrected chi connectivity index (χ1v) is 9.97. The molecule has 2 aromatic carbocycles. The number of morpholine rings is 1. The van der Waals surface area contributed by atoms with Crippen LogP contribution in [0.4, 0.5) is 0 Å². The number of nitrogens with zero attached hydrogens (tertiary/aromatic N) is 1. The predicted molar refractivity (Wildman–Crippen MR) is 113 cm³/mol. The van der Waals surface area contributed by atoms with Crippen molar-refractivity contribution < 1.29 is 19.0 Å². The molecule has 1 aliphatic heterocycles. The largest absolute Gasteiger partial charge is 0.493 e. The van der Waals surface area contributed by atoms with Crippen molar-refractivity contribution in [2.24, 2.45) is 0 Å². The van der Waals surface area contributed by atoms with Crippen LogP contribution < -0.4 is 14.8 Å². The number of ether oxygens (including phenoxy) is 3. The van der Waals surface area contributed by atoms with E-state index in [0.717, 1.165) is 29.8 Å². The van der Waals surface area contributed by atoms with E-state index in [2.05, 4.69) is 10.2 Å². The van der Waals surface area contributed by atoms with Crippen LogP contribution in [0.5, 0.6) is 11.5 Å². The maximum atomic E-state index is 12.6. The van der Waals surface area contributed by atoms with Gasteiger partial charge in [-0.1, -0.05) is 30.3 Å². The summed E-state index contributed by atoms with van der Waals surface area (Å²) in [6.45, 7) is 5.60. The number of hydrogen-bond donors (Lipinski definition) is 1. The lowest BCUT2D eigenvalue weighted by molar-refractivity contribution is -0.120. The molecular formula is C23H30N2O4. The Morgan fingerprint density at radius 1 is 1.10 bits per heavy atom. The maximum absolute atomic E-state index is 12.6. The third-order valence-electron chi connectivity index (χ3n) is 5.38. The summed E-state index contributed by atoms with van der Waals surface area (Å²) in [5, 5.41) is 3.13. The molecule has 0 spiro atoms. The highest BCUT2D eigenvalue weighted by atomic mass is 16.5. The van der Waals surface area contributed by atoms with E-state index >= 15 is 0 Å². The van der Waals surface area contributed by atoms with Crippen LogP contribution in [-0.4, -0.2) is 57.9 Å². The van der Waals surface area contributed by atoms with Gasteiger partial charge in [0.1, 0.15) is 0 Å². The Kier molecular flexibility index (Phi) is 7.49. The summed E-state index contributed by atoms with van der Waals surface area (Å²) in [5.74, 6) is 1.41. The molecular weight excluding hydrogens is 368 g/mol. The molecule has 1 N–H and O–H groups in total. The highest BCUT2D eigenvalue weighted by Crippen LogP contribution is 2.32. The first-order chi connectivity index (χ1) is 14.1.